The summed E-state index contributed by atoms with van der Waals surface area (Å²) in [4.78, 5) is 14.4. The van der Waals surface area contributed by atoms with Crippen LogP contribution in [0.2, 0.25) is 0 Å². The zero-order valence-electron chi connectivity index (χ0n) is 12.9. The molecule has 1 amide bonds. The first-order valence-corrected chi connectivity index (χ1v) is 8.35. The standard InChI is InChI=1S/C16H30N2O2/c1-14(15(19)18-11-7-2-3-8-12-18)17-13-16(20)9-5-4-6-10-16/h14,17,20H,2-13H2,1H3. The monoisotopic (exact) mass is 282 g/mol. The lowest BCUT2D eigenvalue weighted by atomic mass is 9.85. The summed E-state index contributed by atoms with van der Waals surface area (Å²) < 4.78 is 0. The summed E-state index contributed by atoms with van der Waals surface area (Å²) in [6.07, 6.45) is 9.90. The van der Waals surface area contributed by atoms with Crippen LogP contribution >= 0.6 is 0 Å². The predicted octanol–water partition coefficient (Wildman–Crippen LogP) is 2.06. The Morgan fingerprint density at radius 3 is 2.25 bits per heavy atom. The summed E-state index contributed by atoms with van der Waals surface area (Å²) in [6.45, 7) is 4.28. The average molecular weight is 282 g/mol. The maximum atomic E-state index is 12.4. The highest BCUT2D eigenvalue weighted by Crippen LogP contribution is 2.27. The van der Waals surface area contributed by atoms with Crippen LogP contribution in [0.1, 0.15) is 64.7 Å². The number of likely N-dealkylation sites (tertiary alicyclic amines) is 1. The van der Waals surface area contributed by atoms with Gasteiger partial charge < -0.3 is 15.3 Å². The molecule has 0 aromatic heterocycles. The number of hydrogen-bond acceptors (Lipinski definition) is 3. The van der Waals surface area contributed by atoms with Crippen LogP contribution in [0, 0.1) is 0 Å². The molecule has 20 heavy (non-hydrogen) atoms. The molecular formula is C16H30N2O2. The Morgan fingerprint density at radius 1 is 1.10 bits per heavy atom. The van der Waals surface area contributed by atoms with Crippen LogP contribution in [-0.4, -0.2) is 47.2 Å². The molecule has 0 spiro atoms. The Bertz CT molecular complexity index is 306. The largest absolute Gasteiger partial charge is 0.389 e. The lowest BCUT2D eigenvalue weighted by molar-refractivity contribution is -0.133. The van der Waals surface area contributed by atoms with Crippen LogP contribution in [-0.2, 0) is 4.79 Å². The van der Waals surface area contributed by atoms with Crippen LogP contribution < -0.4 is 5.32 Å². The minimum atomic E-state index is -0.592. The Hall–Kier alpha value is -0.610. The van der Waals surface area contributed by atoms with E-state index >= 15 is 0 Å². The maximum absolute atomic E-state index is 12.4. The molecule has 1 unspecified atom stereocenters. The molecule has 1 heterocycles. The number of aliphatic hydroxyl groups is 1. The van der Waals surface area contributed by atoms with Crippen molar-refractivity contribution in [3.63, 3.8) is 0 Å². The van der Waals surface area contributed by atoms with Crippen LogP contribution in [0.3, 0.4) is 0 Å². The quantitative estimate of drug-likeness (QED) is 0.830. The molecule has 4 nitrogen and oxygen atoms in total. The van der Waals surface area contributed by atoms with Gasteiger partial charge in [-0.2, -0.15) is 0 Å². The zero-order valence-corrected chi connectivity index (χ0v) is 12.9. The van der Waals surface area contributed by atoms with Gasteiger partial charge in [0.25, 0.3) is 0 Å². The molecule has 0 aromatic carbocycles. The Kier molecular flexibility index (Phi) is 5.85. The second kappa shape index (κ2) is 7.41. The zero-order chi connectivity index (χ0) is 14.4. The summed E-state index contributed by atoms with van der Waals surface area (Å²) >= 11 is 0. The molecular weight excluding hydrogens is 252 g/mol. The van der Waals surface area contributed by atoms with Gasteiger partial charge in [-0.1, -0.05) is 32.1 Å². The smallest absolute Gasteiger partial charge is 0.239 e. The number of amides is 1. The van der Waals surface area contributed by atoms with Gasteiger partial charge in [-0.05, 0) is 32.6 Å². The highest BCUT2D eigenvalue weighted by Gasteiger charge is 2.30. The lowest BCUT2D eigenvalue weighted by Gasteiger charge is -2.34. The fourth-order valence-corrected chi connectivity index (χ4v) is 3.38. The highest BCUT2D eigenvalue weighted by atomic mass is 16.3. The predicted molar refractivity (Wildman–Crippen MR) is 80.5 cm³/mol. The summed E-state index contributed by atoms with van der Waals surface area (Å²) in [7, 11) is 0. The van der Waals surface area contributed by atoms with Crippen molar-refractivity contribution in [2.75, 3.05) is 19.6 Å². The summed E-state index contributed by atoms with van der Waals surface area (Å²) in [6, 6.07) is -0.181. The van der Waals surface area contributed by atoms with E-state index in [0.29, 0.717) is 6.54 Å². The molecule has 0 bridgehead atoms. The molecule has 116 valence electrons. The molecule has 4 heteroatoms. The molecule has 1 saturated heterocycles. The Balaban J connectivity index is 1.78. The fraction of sp³-hybridized carbons (Fsp3) is 0.938. The summed E-state index contributed by atoms with van der Waals surface area (Å²) in [5, 5.41) is 13.7. The first-order chi connectivity index (χ1) is 9.61. The van der Waals surface area contributed by atoms with Gasteiger partial charge in [-0.25, -0.2) is 0 Å². The number of nitrogens with one attached hydrogen (secondary N) is 1. The summed E-state index contributed by atoms with van der Waals surface area (Å²) in [5.74, 6) is 0.200. The molecule has 0 aromatic rings. The molecule has 1 aliphatic carbocycles. The van der Waals surface area contributed by atoms with Crippen molar-refractivity contribution in [2.45, 2.75) is 76.4 Å². The molecule has 2 rings (SSSR count). The van der Waals surface area contributed by atoms with E-state index in [4.69, 9.17) is 0 Å². The van der Waals surface area contributed by atoms with E-state index in [1.54, 1.807) is 0 Å². The molecule has 1 atom stereocenters. The molecule has 1 saturated carbocycles. The fourth-order valence-electron chi connectivity index (χ4n) is 3.38. The second-order valence-corrected chi connectivity index (χ2v) is 6.63. The lowest BCUT2D eigenvalue weighted by Crippen LogP contribution is -2.51. The number of carbonyl (C=O) groups excluding carboxylic acids is 1. The van der Waals surface area contributed by atoms with Gasteiger partial charge in [-0.15, -0.1) is 0 Å². The van der Waals surface area contributed by atoms with Gasteiger partial charge in [0.15, 0.2) is 0 Å². The second-order valence-electron chi connectivity index (χ2n) is 6.63. The number of rotatable bonds is 4. The third-order valence-corrected chi connectivity index (χ3v) is 4.81. The van der Waals surface area contributed by atoms with Gasteiger partial charge in [-0.3, -0.25) is 4.79 Å². The van der Waals surface area contributed by atoms with E-state index in [2.05, 4.69) is 5.32 Å². The van der Waals surface area contributed by atoms with Crippen molar-refractivity contribution in [1.82, 2.24) is 10.2 Å². The SMILES string of the molecule is CC(NCC1(O)CCCCC1)C(=O)N1CCCCCC1. The van der Waals surface area contributed by atoms with E-state index < -0.39 is 5.60 Å². The van der Waals surface area contributed by atoms with E-state index in [9.17, 15) is 9.90 Å². The van der Waals surface area contributed by atoms with E-state index in [0.717, 1.165) is 51.6 Å². The van der Waals surface area contributed by atoms with Gasteiger partial charge in [0.1, 0.15) is 0 Å². The van der Waals surface area contributed by atoms with Gasteiger partial charge in [0.2, 0.25) is 5.91 Å². The third kappa shape index (κ3) is 4.45. The van der Waals surface area contributed by atoms with Gasteiger partial charge in [0.05, 0.1) is 11.6 Å². The third-order valence-electron chi connectivity index (χ3n) is 4.81. The molecule has 2 fully saturated rings. The highest BCUT2D eigenvalue weighted by molar-refractivity contribution is 5.81. The first kappa shape index (κ1) is 15.8. The minimum absolute atomic E-state index is 0.181. The molecule has 0 radical (unpaired) electrons. The van der Waals surface area contributed by atoms with Crippen LogP contribution in [0.5, 0.6) is 0 Å². The van der Waals surface area contributed by atoms with Gasteiger partial charge >= 0.3 is 0 Å². The van der Waals surface area contributed by atoms with Crippen LogP contribution in [0.15, 0.2) is 0 Å². The van der Waals surface area contributed by atoms with Crippen molar-refractivity contribution in [3.8, 4) is 0 Å². The maximum Gasteiger partial charge on any atom is 0.239 e. The number of carbonyl (C=O) groups is 1. The Labute approximate surface area is 122 Å². The van der Waals surface area contributed by atoms with Crippen LogP contribution in [0.4, 0.5) is 0 Å². The van der Waals surface area contributed by atoms with Crippen molar-refractivity contribution >= 4 is 5.91 Å². The Morgan fingerprint density at radius 2 is 1.65 bits per heavy atom. The van der Waals surface area contributed by atoms with E-state index in [1.165, 1.54) is 19.3 Å². The van der Waals surface area contributed by atoms with Crippen molar-refractivity contribution < 1.29 is 9.90 Å². The first-order valence-electron chi connectivity index (χ1n) is 8.35. The van der Waals surface area contributed by atoms with Crippen LogP contribution in [0.25, 0.3) is 0 Å². The van der Waals surface area contributed by atoms with E-state index in [-0.39, 0.29) is 11.9 Å². The number of nitrogens with zero attached hydrogens (tertiary/aromatic N) is 1. The molecule has 1 aliphatic heterocycles. The average Bonchev–Trinajstić information content (AvgIpc) is 2.74. The van der Waals surface area contributed by atoms with Crippen molar-refractivity contribution in [1.29, 1.82) is 0 Å². The van der Waals surface area contributed by atoms with Crippen molar-refractivity contribution in [2.24, 2.45) is 0 Å². The minimum Gasteiger partial charge on any atom is -0.389 e. The van der Waals surface area contributed by atoms with Gasteiger partial charge in [0, 0.05) is 19.6 Å². The molecule has 2 aliphatic rings. The summed E-state index contributed by atoms with van der Waals surface area (Å²) in [5.41, 5.74) is -0.592. The normalized spacial score (nSPS) is 25.0. The molecule has 2 N–H and O–H groups in total. The number of hydrogen-bond donors (Lipinski definition) is 2. The topological polar surface area (TPSA) is 52.6 Å². The van der Waals surface area contributed by atoms with Crippen molar-refractivity contribution in [3.05, 3.63) is 0 Å². The van der Waals surface area contributed by atoms with E-state index in [1.807, 2.05) is 11.8 Å².